The van der Waals surface area contributed by atoms with Crippen LogP contribution in [0.5, 0.6) is 0 Å². The highest BCUT2D eigenvalue weighted by molar-refractivity contribution is 5.87. The molecule has 1 amide bonds. The molecule has 0 radical (unpaired) electrons. The molecule has 29 heavy (non-hydrogen) atoms. The Kier molecular flexibility index (Phi) is 8.22. The Morgan fingerprint density at radius 2 is 1.59 bits per heavy atom. The number of carbonyl (C=O) groups is 4. The van der Waals surface area contributed by atoms with Gasteiger partial charge in [0.2, 0.25) is 0 Å². The highest BCUT2D eigenvalue weighted by Gasteiger charge is 2.51. The van der Waals surface area contributed by atoms with Gasteiger partial charge >= 0.3 is 24.0 Å². The maximum atomic E-state index is 12.2. The first kappa shape index (κ1) is 24.0. The molecule has 0 aromatic carbocycles. The van der Waals surface area contributed by atoms with Gasteiger partial charge in [0.1, 0.15) is 12.2 Å². The van der Waals surface area contributed by atoms with Crippen molar-refractivity contribution in [2.24, 2.45) is 5.16 Å². The fourth-order valence-electron chi connectivity index (χ4n) is 2.49. The predicted octanol–water partition coefficient (Wildman–Crippen LogP) is 0.493. The van der Waals surface area contributed by atoms with Gasteiger partial charge < -0.3 is 34.2 Å². The van der Waals surface area contributed by atoms with Crippen molar-refractivity contribution < 1.29 is 48.1 Å². The number of alkyl carbamates (subject to hydrolysis) is 1. The molecule has 0 aromatic rings. The number of amides is 1. The lowest BCUT2D eigenvalue weighted by molar-refractivity contribution is -0.186. The van der Waals surface area contributed by atoms with Crippen molar-refractivity contribution in [2.45, 2.75) is 71.5 Å². The van der Waals surface area contributed by atoms with Crippen LogP contribution >= 0.6 is 0 Å². The molecule has 1 fully saturated rings. The number of hydrogen-bond donors (Lipinski definition) is 2. The first-order valence-electron chi connectivity index (χ1n) is 8.70. The summed E-state index contributed by atoms with van der Waals surface area (Å²) >= 11 is 0. The molecule has 1 heterocycles. The van der Waals surface area contributed by atoms with E-state index in [9.17, 15) is 24.4 Å². The van der Waals surface area contributed by atoms with Crippen molar-refractivity contribution >= 4 is 29.9 Å². The van der Waals surface area contributed by atoms with Crippen molar-refractivity contribution in [1.29, 1.82) is 0 Å². The molecule has 1 rings (SSSR count). The molecular weight excluding hydrogens is 392 g/mol. The molecule has 0 saturated carbocycles. The summed E-state index contributed by atoms with van der Waals surface area (Å²) in [7, 11) is 0. The molecule has 4 atom stereocenters. The standard InChI is InChI=1S/C17H26N2O10/c1-8(20)25-7-11-13(26-9(2)21)14(27-10(3)22)12(15(19-24)28-11)18-16(23)29-17(4,5)6/h11-14,24H,7H2,1-6H3,(H,18,23)/t11?,12?,13-,14+/m0/s1. The Morgan fingerprint density at radius 1 is 1.03 bits per heavy atom. The smallest absolute Gasteiger partial charge is 0.408 e. The third-order valence-corrected chi connectivity index (χ3v) is 3.38. The molecule has 1 aliphatic heterocycles. The molecule has 0 aromatic heterocycles. The minimum Gasteiger partial charge on any atom is -0.466 e. The van der Waals surface area contributed by atoms with Gasteiger partial charge in [-0.25, -0.2) is 4.79 Å². The summed E-state index contributed by atoms with van der Waals surface area (Å²) in [6.07, 6.45) is -4.75. The van der Waals surface area contributed by atoms with Crippen molar-refractivity contribution in [3.05, 3.63) is 0 Å². The van der Waals surface area contributed by atoms with Gasteiger partial charge in [0.15, 0.2) is 24.4 Å². The van der Waals surface area contributed by atoms with Gasteiger partial charge in [0.05, 0.1) is 0 Å². The monoisotopic (exact) mass is 418 g/mol. The zero-order valence-electron chi connectivity index (χ0n) is 17.1. The molecule has 2 unspecified atom stereocenters. The molecule has 1 saturated heterocycles. The number of oxime groups is 1. The Bertz CT molecular complexity index is 670. The van der Waals surface area contributed by atoms with E-state index in [1.807, 2.05) is 0 Å². The molecule has 0 spiro atoms. The van der Waals surface area contributed by atoms with E-state index in [0.29, 0.717) is 0 Å². The van der Waals surface area contributed by atoms with Gasteiger partial charge in [-0.05, 0) is 20.8 Å². The summed E-state index contributed by atoms with van der Waals surface area (Å²) in [6.45, 7) is 7.85. The number of ether oxygens (including phenoxy) is 5. The second-order valence-electron chi connectivity index (χ2n) is 7.17. The van der Waals surface area contributed by atoms with Crippen LogP contribution in [0, 0.1) is 0 Å². The Labute approximate surface area is 167 Å². The lowest BCUT2D eigenvalue weighted by Gasteiger charge is -2.41. The van der Waals surface area contributed by atoms with E-state index in [1.54, 1.807) is 20.8 Å². The highest BCUT2D eigenvalue weighted by atomic mass is 16.6. The number of esters is 3. The maximum absolute atomic E-state index is 12.2. The minimum atomic E-state index is -1.36. The second kappa shape index (κ2) is 9.94. The van der Waals surface area contributed by atoms with Crippen LogP contribution in [0.15, 0.2) is 5.16 Å². The zero-order valence-corrected chi connectivity index (χ0v) is 17.1. The van der Waals surface area contributed by atoms with Crippen molar-refractivity contribution in [1.82, 2.24) is 5.32 Å². The zero-order chi connectivity index (χ0) is 22.4. The van der Waals surface area contributed by atoms with E-state index in [4.69, 9.17) is 23.7 Å². The molecule has 1 aliphatic rings. The first-order valence-corrected chi connectivity index (χ1v) is 8.70. The summed E-state index contributed by atoms with van der Waals surface area (Å²) in [6, 6.07) is -1.35. The van der Waals surface area contributed by atoms with E-state index in [1.165, 1.54) is 0 Å². The topological polar surface area (TPSA) is 159 Å². The van der Waals surface area contributed by atoms with Gasteiger partial charge in [-0.2, -0.15) is 0 Å². The summed E-state index contributed by atoms with van der Waals surface area (Å²) in [5.41, 5.74) is -0.847. The van der Waals surface area contributed by atoms with Gasteiger partial charge in [-0.3, -0.25) is 14.4 Å². The number of nitrogens with zero attached hydrogens (tertiary/aromatic N) is 1. The van der Waals surface area contributed by atoms with E-state index in [2.05, 4.69) is 10.5 Å². The van der Waals surface area contributed by atoms with Gasteiger partial charge in [0.25, 0.3) is 5.90 Å². The number of rotatable bonds is 5. The van der Waals surface area contributed by atoms with Crippen LogP contribution in [0.2, 0.25) is 0 Å². The average Bonchev–Trinajstić information content (AvgIpc) is 2.54. The normalized spacial score (nSPS) is 25.4. The molecular formula is C17H26N2O10. The number of nitrogens with one attached hydrogen (secondary N) is 1. The fraction of sp³-hybridized carbons (Fsp3) is 0.706. The summed E-state index contributed by atoms with van der Waals surface area (Å²) in [5.74, 6) is -2.61. The van der Waals surface area contributed by atoms with Crippen molar-refractivity contribution in [2.75, 3.05) is 6.61 Å². The Morgan fingerprint density at radius 3 is 2.03 bits per heavy atom. The second-order valence-corrected chi connectivity index (χ2v) is 7.17. The van der Waals surface area contributed by atoms with Crippen LogP contribution < -0.4 is 5.32 Å². The third-order valence-electron chi connectivity index (χ3n) is 3.38. The van der Waals surface area contributed by atoms with Gasteiger partial charge in [-0.1, -0.05) is 5.16 Å². The SMILES string of the molecule is CC(=O)OCC1OC(=NO)C(NC(=O)OC(C)(C)C)[C@@H](OC(C)=O)[C@H]1OC(C)=O. The van der Waals surface area contributed by atoms with Gasteiger partial charge in [0, 0.05) is 20.8 Å². The minimum absolute atomic E-state index is 0.400. The highest BCUT2D eigenvalue weighted by Crippen LogP contribution is 2.25. The van der Waals surface area contributed by atoms with Crippen LogP contribution in [0.3, 0.4) is 0 Å². The summed E-state index contributed by atoms with van der Waals surface area (Å²) < 4.78 is 25.9. The van der Waals surface area contributed by atoms with E-state index in [-0.39, 0.29) is 0 Å². The molecule has 12 heteroatoms. The number of hydrogen-bond acceptors (Lipinski definition) is 11. The Balaban J connectivity index is 3.25. The lowest BCUT2D eigenvalue weighted by Crippen LogP contribution is -2.65. The molecule has 2 N–H and O–H groups in total. The quantitative estimate of drug-likeness (QED) is 0.278. The summed E-state index contributed by atoms with van der Waals surface area (Å²) in [5, 5.41) is 14.7. The molecule has 0 bridgehead atoms. The number of carbonyl (C=O) groups excluding carboxylic acids is 4. The summed E-state index contributed by atoms with van der Waals surface area (Å²) in [4.78, 5) is 46.6. The van der Waals surface area contributed by atoms with Crippen LogP contribution in [0.25, 0.3) is 0 Å². The lowest BCUT2D eigenvalue weighted by atomic mass is 9.96. The predicted molar refractivity (Wildman–Crippen MR) is 95.0 cm³/mol. The Hall–Kier alpha value is -3.05. The van der Waals surface area contributed by atoms with E-state index >= 15 is 0 Å². The van der Waals surface area contributed by atoms with Crippen molar-refractivity contribution in [3.8, 4) is 0 Å². The van der Waals surface area contributed by atoms with Crippen LogP contribution in [0.1, 0.15) is 41.5 Å². The maximum Gasteiger partial charge on any atom is 0.408 e. The fourth-order valence-corrected chi connectivity index (χ4v) is 2.49. The third kappa shape index (κ3) is 7.84. The molecule has 164 valence electrons. The largest absolute Gasteiger partial charge is 0.466 e. The average molecular weight is 418 g/mol. The van der Waals surface area contributed by atoms with Crippen molar-refractivity contribution in [3.63, 3.8) is 0 Å². The van der Waals surface area contributed by atoms with E-state index in [0.717, 1.165) is 20.8 Å². The molecule has 0 aliphatic carbocycles. The van der Waals surface area contributed by atoms with Crippen LogP contribution in [-0.2, 0) is 38.1 Å². The molecule has 12 nitrogen and oxygen atoms in total. The first-order chi connectivity index (χ1) is 13.3. The van der Waals surface area contributed by atoms with Crippen LogP contribution in [-0.4, -0.2) is 71.7 Å². The van der Waals surface area contributed by atoms with Crippen LogP contribution in [0.4, 0.5) is 4.79 Å². The van der Waals surface area contributed by atoms with Gasteiger partial charge in [-0.15, -0.1) is 0 Å². The van der Waals surface area contributed by atoms with E-state index < -0.39 is 66.5 Å².